The number of rotatable bonds is 11. The van der Waals surface area contributed by atoms with Gasteiger partial charge in [0.05, 0.1) is 5.41 Å². The first kappa shape index (κ1) is 41.5. The van der Waals surface area contributed by atoms with Crippen LogP contribution in [0.1, 0.15) is 22.3 Å². The fourth-order valence-corrected chi connectivity index (χ4v) is 10.2. The summed E-state index contributed by atoms with van der Waals surface area (Å²) >= 11 is 0. The van der Waals surface area contributed by atoms with Crippen LogP contribution in [0, 0.1) is 0 Å². The highest BCUT2D eigenvalue weighted by atomic mass is 16.3. The van der Waals surface area contributed by atoms with E-state index < -0.39 is 5.41 Å². The molecule has 0 unspecified atom stereocenters. The molecule has 0 fully saturated rings. The maximum atomic E-state index is 6.15. The van der Waals surface area contributed by atoms with Crippen molar-refractivity contribution in [3.8, 4) is 44.5 Å². The Morgan fingerprint density at radius 3 is 1.06 bits per heavy atom. The molecule has 11 aromatic carbocycles. The van der Waals surface area contributed by atoms with Gasteiger partial charge in [-0.3, -0.25) is 0 Å². The topological polar surface area (TPSA) is 16.4 Å². The Bertz CT molecular complexity index is 3560. The Morgan fingerprint density at radius 2 is 0.565 bits per heavy atom. The van der Waals surface area contributed by atoms with Gasteiger partial charge in [-0.15, -0.1) is 0 Å². The lowest BCUT2D eigenvalue weighted by Crippen LogP contribution is -2.30. The summed E-state index contributed by atoms with van der Waals surface area (Å²) < 4.78 is 6.15. The quantitative estimate of drug-likeness (QED) is 0.120. The van der Waals surface area contributed by atoms with E-state index in [4.69, 9.17) is 4.42 Å². The first-order chi connectivity index (χ1) is 34.2. The van der Waals surface area contributed by atoms with Gasteiger partial charge in [-0.05, 0) is 127 Å². The Hall–Kier alpha value is -8.98. The summed E-state index contributed by atoms with van der Waals surface area (Å²) in [6.45, 7) is 0. The maximum Gasteiger partial charge on any atom is 0.135 e. The van der Waals surface area contributed by atoms with Crippen molar-refractivity contribution in [1.82, 2.24) is 0 Å². The van der Waals surface area contributed by atoms with E-state index in [9.17, 15) is 0 Å². The van der Waals surface area contributed by atoms with Crippen LogP contribution < -0.4 is 4.90 Å². The van der Waals surface area contributed by atoms with Crippen molar-refractivity contribution >= 4 is 39.0 Å². The third-order valence-corrected chi connectivity index (χ3v) is 13.7. The summed E-state index contributed by atoms with van der Waals surface area (Å²) in [4.78, 5) is 2.35. The molecule has 0 amide bonds. The predicted molar refractivity (Wildman–Crippen MR) is 288 cm³/mol. The minimum Gasteiger partial charge on any atom is -0.456 e. The Balaban J connectivity index is 0.902. The van der Waals surface area contributed by atoms with Gasteiger partial charge in [-0.25, -0.2) is 0 Å². The van der Waals surface area contributed by atoms with Crippen molar-refractivity contribution in [3.05, 3.63) is 307 Å². The largest absolute Gasteiger partial charge is 0.456 e. The minimum atomic E-state index is -0.497. The van der Waals surface area contributed by atoms with Gasteiger partial charge in [0, 0.05) is 27.8 Å². The zero-order chi connectivity index (χ0) is 46.0. The van der Waals surface area contributed by atoms with E-state index in [0.717, 1.165) is 61.3 Å². The molecule has 0 saturated heterocycles. The molecule has 69 heavy (non-hydrogen) atoms. The third-order valence-electron chi connectivity index (χ3n) is 13.7. The molecular formula is C67H47NO. The number of hydrogen-bond donors (Lipinski definition) is 0. The maximum absolute atomic E-state index is 6.15. The van der Waals surface area contributed by atoms with Gasteiger partial charge in [0.15, 0.2) is 0 Å². The van der Waals surface area contributed by atoms with Crippen LogP contribution >= 0.6 is 0 Å². The number of furan rings is 1. The average molecular weight is 882 g/mol. The van der Waals surface area contributed by atoms with Gasteiger partial charge in [0.2, 0.25) is 0 Å². The molecule has 0 aliphatic heterocycles. The fraction of sp³-hybridized carbons (Fsp3) is 0.0149. The standard InChI is InChI=1S/C67H47NO/c1-5-16-48(17-6-1)53-18-15-19-54(46-53)51-32-41-61(42-33-51)68(62-43-34-52(35-44-62)55-36-45-66-64(47-55)63-26-13-14-27-65(63)69-66)60-39-30-50(31-40-60)49-28-37-59(38-29-49)67(56-20-7-2-8-21-56,57-22-9-3-10-23-57)58-24-11-4-12-25-58/h1-47H. The van der Waals surface area contributed by atoms with E-state index in [1.54, 1.807) is 0 Å². The zero-order valence-electron chi connectivity index (χ0n) is 38.0. The second-order valence-electron chi connectivity index (χ2n) is 17.7. The van der Waals surface area contributed by atoms with Crippen molar-refractivity contribution in [2.75, 3.05) is 4.90 Å². The normalized spacial score (nSPS) is 11.5. The minimum absolute atomic E-state index is 0.497. The highest BCUT2D eigenvalue weighted by Crippen LogP contribution is 2.46. The molecule has 0 radical (unpaired) electrons. The number of fused-ring (bicyclic) bond motifs is 3. The summed E-state index contributed by atoms with van der Waals surface area (Å²) in [7, 11) is 0. The van der Waals surface area contributed by atoms with Crippen molar-refractivity contribution in [1.29, 1.82) is 0 Å². The molecule has 2 nitrogen and oxygen atoms in total. The van der Waals surface area contributed by atoms with Gasteiger partial charge < -0.3 is 9.32 Å². The van der Waals surface area contributed by atoms with E-state index >= 15 is 0 Å². The number of hydrogen-bond acceptors (Lipinski definition) is 2. The summed E-state index contributed by atoms with van der Waals surface area (Å²) in [5.41, 5.74) is 18.8. The lowest BCUT2D eigenvalue weighted by molar-refractivity contribution is 0.669. The molecule has 12 aromatic rings. The van der Waals surface area contributed by atoms with Gasteiger partial charge >= 0.3 is 0 Å². The molecule has 2 heteroatoms. The highest BCUT2D eigenvalue weighted by molar-refractivity contribution is 6.06. The Kier molecular flexibility index (Phi) is 10.8. The smallest absolute Gasteiger partial charge is 0.135 e. The number of para-hydroxylation sites is 1. The van der Waals surface area contributed by atoms with E-state index in [0.29, 0.717) is 0 Å². The number of anilines is 3. The van der Waals surface area contributed by atoms with Crippen molar-refractivity contribution in [2.24, 2.45) is 0 Å². The summed E-state index contributed by atoms with van der Waals surface area (Å²) in [6.07, 6.45) is 0. The summed E-state index contributed by atoms with van der Waals surface area (Å²) in [5, 5.41) is 2.26. The van der Waals surface area contributed by atoms with Crippen LogP contribution in [0.5, 0.6) is 0 Å². The summed E-state index contributed by atoms with van der Waals surface area (Å²) in [6, 6.07) is 103. The Labute approximate surface area is 403 Å². The van der Waals surface area contributed by atoms with Crippen molar-refractivity contribution in [2.45, 2.75) is 5.41 Å². The molecule has 0 aliphatic rings. The second-order valence-corrected chi connectivity index (χ2v) is 17.7. The molecule has 0 aliphatic carbocycles. The molecule has 0 atom stereocenters. The molecule has 0 N–H and O–H groups in total. The van der Waals surface area contributed by atoms with E-state index in [1.807, 2.05) is 12.1 Å². The molecular weight excluding hydrogens is 835 g/mol. The first-order valence-electron chi connectivity index (χ1n) is 23.6. The second kappa shape index (κ2) is 18.0. The van der Waals surface area contributed by atoms with Crippen LogP contribution in [-0.4, -0.2) is 0 Å². The first-order valence-corrected chi connectivity index (χ1v) is 23.6. The number of nitrogens with zero attached hydrogens (tertiary/aromatic N) is 1. The molecule has 326 valence electrons. The molecule has 1 aromatic heterocycles. The lowest BCUT2D eigenvalue weighted by atomic mass is 9.65. The number of benzene rings is 11. The fourth-order valence-electron chi connectivity index (χ4n) is 10.2. The van der Waals surface area contributed by atoms with Crippen LogP contribution in [-0.2, 0) is 5.41 Å². The van der Waals surface area contributed by atoms with Crippen molar-refractivity contribution < 1.29 is 4.42 Å². The molecule has 1 heterocycles. The molecule has 0 bridgehead atoms. The van der Waals surface area contributed by atoms with Crippen LogP contribution in [0.2, 0.25) is 0 Å². The predicted octanol–water partition coefficient (Wildman–Crippen LogP) is 18.1. The van der Waals surface area contributed by atoms with Gasteiger partial charge in [-0.1, -0.05) is 224 Å². The molecule has 0 saturated carbocycles. The van der Waals surface area contributed by atoms with Gasteiger partial charge in [0.1, 0.15) is 11.2 Å². The lowest BCUT2D eigenvalue weighted by Gasteiger charge is -2.37. The van der Waals surface area contributed by atoms with Crippen molar-refractivity contribution in [3.63, 3.8) is 0 Å². The Morgan fingerprint density at radius 1 is 0.232 bits per heavy atom. The van der Waals surface area contributed by atoms with E-state index in [2.05, 4.69) is 278 Å². The monoisotopic (exact) mass is 881 g/mol. The molecule has 0 spiro atoms. The summed E-state index contributed by atoms with van der Waals surface area (Å²) in [5.74, 6) is 0. The third kappa shape index (κ3) is 7.78. The SMILES string of the molecule is c1ccc(-c2cccc(-c3ccc(N(c4ccc(-c5ccc(C(c6ccccc6)(c6ccccc6)c6ccccc6)cc5)cc4)c4ccc(-c5ccc6oc7ccccc7c6c5)cc4)cc3)c2)cc1. The van der Waals surface area contributed by atoms with Gasteiger partial charge in [-0.2, -0.15) is 0 Å². The zero-order valence-corrected chi connectivity index (χ0v) is 38.0. The van der Waals surface area contributed by atoms with Crippen LogP contribution in [0.3, 0.4) is 0 Å². The van der Waals surface area contributed by atoms with Crippen LogP contribution in [0.4, 0.5) is 17.1 Å². The highest BCUT2D eigenvalue weighted by Gasteiger charge is 2.38. The molecule has 12 rings (SSSR count). The van der Waals surface area contributed by atoms with E-state index in [-0.39, 0.29) is 0 Å². The average Bonchev–Trinajstić information content (AvgIpc) is 3.81. The van der Waals surface area contributed by atoms with Crippen LogP contribution in [0.15, 0.2) is 290 Å². The van der Waals surface area contributed by atoms with Crippen LogP contribution in [0.25, 0.3) is 66.4 Å². The van der Waals surface area contributed by atoms with E-state index in [1.165, 1.54) is 44.5 Å². The van der Waals surface area contributed by atoms with Gasteiger partial charge in [0.25, 0.3) is 0 Å².